The van der Waals surface area contributed by atoms with Gasteiger partial charge in [-0.25, -0.2) is 0 Å². The third-order valence-corrected chi connectivity index (χ3v) is 3.26. The van der Waals surface area contributed by atoms with Gasteiger partial charge in [-0.05, 0) is 5.41 Å². The molecule has 0 radical (unpaired) electrons. The second-order valence-corrected chi connectivity index (χ2v) is 6.03. The van der Waals surface area contributed by atoms with Crippen LogP contribution >= 0.6 is 0 Å². The molecule has 0 spiro atoms. The summed E-state index contributed by atoms with van der Waals surface area (Å²) in [7, 11) is 0. The van der Waals surface area contributed by atoms with Gasteiger partial charge in [0.1, 0.15) is 5.69 Å². The Morgan fingerprint density at radius 2 is 2.00 bits per heavy atom. The van der Waals surface area contributed by atoms with Gasteiger partial charge in [0, 0.05) is 18.2 Å². The molecule has 5 heteroatoms. The Labute approximate surface area is 124 Å². The van der Waals surface area contributed by atoms with Crippen LogP contribution in [0, 0.1) is 5.41 Å². The number of carbonyl (C=O) groups is 1. The number of hydrogen-bond donors (Lipinski definition) is 2. The van der Waals surface area contributed by atoms with Crippen LogP contribution in [0.1, 0.15) is 31.3 Å². The number of aromatic nitrogens is 1. The van der Waals surface area contributed by atoms with Crippen molar-refractivity contribution >= 4 is 5.91 Å². The number of hydrogen-bond acceptors (Lipinski definition) is 4. The first-order chi connectivity index (χ1) is 9.88. The number of amides is 1. The highest BCUT2D eigenvalue weighted by Gasteiger charge is 2.23. The molecule has 1 aromatic heterocycles. The van der Waals surface area contributed by atoms with Crippen LogP contribution in [0.4, 0.5) is 0 Å². The first-order valence-electron chi connectivity index (χ1n) is 6.86. The maximum absolute atomic E-state index is 12.0. The molecule has 0 aliphatic rings. The molecule has 21 heavy (non-hydrogen) atoms. The van der Waals surface area contributed by atoms with Crippen molar-refractivity contribution in [3.63, 3.8) is 0 Å². The highest BCUT2D eigenvalue weighted by molar-refractivity contribution is 5.92. The minimum atomic E-state index is -0.627. The Kier molecular flexibility index (Phi) is 4.43. The van der Waals surface area contributed by atoms with E-state index >= 15 is 0 Å². The summed E-state index contributed by atoms with van der Waals surface area (Å²) in [5, 5.41) is 16.4. The summed E-state index contributed by atoms with van der Waals surface area (Å²) < 4.78 is 5.06. The van der Waals surface area contributed by atoms with Gasteiger partial charge in [-0.3, -0.25) is 4.79 Å². The number of nitrogens with one attached hydrogen (secondary N) is 1. The van der Waals surface area contributed by atoms with Crippen molar-refractivity contribution in [3.8, 4) is 11.3 Å². The molecular formula is C16H20N2O3. The number of rotatable bonds is 4. The lowest BCUT2D eigenvalue weighted by atomic mass is 9.89. The van der Waals surface area contributed by atoms with Crippen molar-refractivity contribution in [3.05, 3.63) is 42.2 Å². The summed E-state index contributed by atoms with van der Waals surface area (Å²) in [4.78, 5) is 12.0. The van der Waals surface area contributed by atoms with E-state index in [4.69, 9.17) is 4.52 Å². The summed E-state index contributed by atoms with van der Waals surface area (Å²) in [5.41, 5.74) is 1.20. The zero-order chi connectivity index (χ0) is 15.5. The van der Waals surface area contributed by atoms with E-state index in [1.165, 1.54) is 0 Å². The molecule has 0 bridgehead atoms. The Hall–Kier alpha value is -2.14. The van der Waals surface area contributed by atoms with Gasteiger partial charge in [-0.1, -0.05) is 56.3 Å². The Balaban J connectivity index is 2.00. The summed E-state index contributed by atoms with van der Waals surface area (Å²) in [6, 6.07) is 11.1. The molecule has 0 aliphatic carbocycles. The van der Waals surface area contributed by atoms with Gasteiger partial charge in [0.2, 0.25) is 5.76 Å². The van der Waals surface area contributed by atoms with Crippen molar-refractivity contribution in [2.45, 2.75) is 26.9 Å². The molecule has 1 aromatic carbocycles. The van der Waals surface area contributed by atoms with Crippen molar-refractivity contribution in [1.82, 2.24) is 10.5 Å². The van der Waals surface area contributed by atoms with E-state index in [2.05, 4.69) is 10.5 Å². The van der Waals surface area contributed by atoms with Gasteiger partial charge in [0.25, 0.3) is 5.91 Å². The van der Waals surface area contributed by atoms with Crippen LogP contribution in [-0.2, 0) is 0 Å². The Morgan fingerprint density at radius 3 is 2.62 bits per heavy atom. The smallest absolute Gasteiger partial charge is 0.290 e. The largest absolute Gasteiger partial charge is 0.391 e. The van der Waals surface area contributed by atoms with Crippen LogP contribution < -0.4 is 5.32 Å². The van der Waals surface area contributed by atoms with Crippen LogP contribution in [0.25, 0.3) is 11.3 Å². The van der Waals surface area contributed by atoms with Crippen LogP contribution in [0.3, 0.4) is 0 Å². The predicted molar refractivity (Wildman–Crippen MR) is 79.7 cm³/mol. The van der Waals surface area contributed by atoms with E-state index in [-0.39, 0.29) is 23.6 Å². The fourth-order valence-electron chi connectivity index (χ4n) is 1.71. The van der Waals surface area contributed by atoms with E-state index in [1.807, 2.05) is 51.1 Å². The Morgan fingerprint density at radius 1 is 1.33 bits per heavy atom. The van der Waals surface area contributed by atoms with Crippen LogP contribution in [0.15, 0.2) is 40.9 Å². The molecule has 0 fully saturated rings. The lowest BCUT2D eigenvalue weighted by molar-refractivity contribution is 0.0576. The maximum Gasteiger partial charge on any atom is 0.290 e. The quantitative estimate of drug-likeness (QED) is 0.906. The minimum absolute atomic E-state index is 0.134. The van der Waals surface area contributed by atoms with E-state index in [1.54, 1.807) is 6.07 Å². The number of carbonyl (C=O) groups excluding carboxylic acids is 1. The lowest BCUT2D eigenvalue weighted by Crippen LogP contribution is -2.39. The van der Waals surface area contributed by atoms with E-state index in [0.717, 1.165) is 5.56 Å². The fourth-order valence-corrected chi connectivity index (χ4v) is 1.71. The molecule has 1 atom stereocenters. The topological polar surface area (TPSA) is 75.4 Å². The maximum atomic E-state index is 12.0. The molecular weight excluding hydrogens is 268 g/mol. The highest BCUT2D eigenvalue weighted by atomic mass is 16.5. The summed E-state index contributed by atoms with van der Waals surface area (Å²) >= 11 is 0. The number of aliphatic hydroxyl groups excluding tert-OH is 1. The predicted octanol–water partition coefficient (Wildman–Crippen LogP) is 2.48. The normalized spacial score (nSPS) is 13.0. The molecule has 2 N–H and O–H groups in total. The average molecular weight is 288 g/mol. The number of aliphatic hydroxyl groups is 1. The molecule has 0 saturated carbocycles. The monoisotopic (exact) mass is 288 g/mol. The van der Waals surface area contributed by atoms with Crippen LogP contribution in [0.5, 0.6) is 0 Å². The van der Waals surface area contributed by atoms with Crippen LogP contribution in [-0.4, -0.2) is 28.8 Å². The van der Waals surface area contributed by atoms with Gasteiger partial charge in [0.15, 0.2) is 0 Å². The zero-order valence-corrected chi connectivity index (χ0v) is 12.5. The molecule has 112 valence electrons. The van der Waals surface area contributed by atoms with Gasteiger partial charge in [-0.15, -0.1) is 0 Å². The molecule has 1 heterocycles. The number of benzene rings is 1. The molecule has 2 aromatic rings. The van der Waals surface area contributed by atoms with E-state index < -0.39 is 6.10 Å². The van der Waals surface area contributed by atoms with Gasteiger partial charge >= 0.3 is 0 Å². The first kappa shape index (κ1) is 15.3. The first-order valence-corrected chi connectivity index (χ1v) is 6.86. The third-order valence-electron chi connectivity index (χ3n) is 3.26. The highest BCUT2D eigenvalue weighted by Crippen LogP contribution is 2.20. The second-order valence-electron chi connectivity index (χ2n) is 6.03. The van der Waals surface area contributed by atoms with Crippen molar-refractivity contribution in [2.75, 3.05) is 6.54 Å². The third kappa shape index (κ3) is 3.92. The summed E-state index contributed by atoms with van der Waals surface area (Å²) in [6.07, 6.45) is -0.627. The molecule has 5 nitrogen and oxygen atoms in total. The summed E-state index contributed by atoms with van der Waals surface area (Å²) in [5.74, 6) is -0.247. The molecule has 1 unspecified atom stereocenters. The van der Waals surface area contributed by atoms with Gasteiger partial charge in [0.05, 0.1) is 6.10 Å². The Bertz CT molecular complexity index is 599. The fraction of sp³-hybridized carbons (Fsp3) is 0.375. The average Bonchev–Trinajstić information content (AvgIpc) is 2.94. The van der Waals surface area contributed by atoms with Crippen molar-refractivity contribution in [2.24, 2.45) is 5.41 Å². The molecule has 0 saturated heterocycles. The van der Waals surface area contributed by atoms with Crippen molar-refractivity contribution in [1.29, 1.82) is 0 Å². The van der Waals surface area contributed by atoms with E-state index in [0.29, 0.717) is 5.69 Å². The molecule has 2 rings (SSSR count). The number of nitrogens with zero attached hydrogens (tertiary/aromatic N) is 1. The molecule has 0 aliphatic heterocycles. The van der Waals surface area contributed by atoms with Gasteiger partial charge in [-0.2, -0.15) is 0 Å². The van der Waals surface area contributed by atoms with Crippen LogP contribution in [0.2, 0.25) is 0 Å². The lowest BCUT2D eigenvalue weighted by Gasteiger charge is -2.25. The van der Waals surface area contributed by atoms with Gasteiger partial charge < -0.3 is 14.9 Å². The molecule has 1 amide bonds. The second kappa shape index (κ2) is 6.10. The van der Waals surface area contributed by atoms with E-state index in [9.17, 15) is 9.90 Å². The van der Waals surface area contributed by atoms with Crippen molar-refractivity contribution < 1.29 is 14.4 Å². The standard InChI is InChI=1S/C16H20N2O3/c1-16(2,3)14(19)10-17-15(20)13-9-12(18-21-13)11-7-5-4-6-8-11/h4-9,14,19H,10H2,1-3H3,(H,17,20). The SMILES string of the molecule is CC(C)(C)C(O)CNC(=O)c1cc(-c2ccccc2)no1. The zero-order valence-electron chi connectivity index (χ0n) is 12.5. The minimum Gasteiger partial charge on any atom is -0.391 e. The summed E-state index contributed by atoms with van der Waals surface area (Å²) in [6.45, 7) is 5.90.